The second-order valence-corrected chi connectivity index (χ2v) is 4.82. The molecule has 0 unspecified atom stereocenters. The Bertz CT molecular complexity index is 553. The zero-order valence-corrected chi connectivity index (χ0v) is 13.0. The first kappa shape index (κ1) is 15.9. The molecule has 0 spiro atoms. The second-order valence-electron chi connectivity index (χ2n) is 4.82. The molecule has 0 atom stereocenters. The van der Waals surface area contributed by atoms with Crippen molar-refractivity contribution in [3.05, 3.63) is 23.8 Å². The SMILES string of the molecule is COC(=O)N1CCN(C(=O)c2ccc(OC)cc2OC)CC1. The number of amides is 2. The maximum atomic E-state index is 12.6. The van der Waals surface area contributed by atoms with E-state index in [1.807, 2.05) is 0 Å². The highest BCUT2D eigenvalue weighted by atomic mass is 16.5. The molecular formula is C15H20N2O5. The normalized spacial score (nSPS) is 14.5. The summed E-state index contributed by atoms with van der Waals surface area (Å²) in [5.41, 5.74) is 0.481. The van der Waals surface area contributed by atoms with Gasteiger partial charge in [-0.2, -0.15) is 0 Å². The van der Waals surface area contributed by atoms with Crippen LogP contribution in [0.4, 0.5) is 4.79 Å². The maximum Gasteiger partial charge on any atom is 0.409 e. The number of carbonyl (C=O) groups excluding carboxylic acids is 2. The molecule has 1 fully saturated rings. The first-order chi connectivity index (χ1) is 10.6. The lowest BCUT2D eigenvalue weighted by Gasteiger charge is -2.34. The number of nitrogens with zero attached hydrogens (tertiary/aromatic N) is 2. The lowest BCUT2D eigenvalue weighted by Crippen LogP contribution is -2.50. The molecule has 1 aliphatic heterocycles. The average Bonchev–Trinajstić information content (AvgIpc) is 2.59. The van der Waals surface area contributed by atoms with Crippen molar-refractivity contribution in [1.29, 1.82) is 0 Å². The molecule has 0 aliphatic carbocycles. The maximum absolute atomic E-state index is 12.6. The van der Waals surface area contributed by atoms with E-state index in [1.54, 1.807) is 35.1 Å². The van der Waals surface area contributed by atoms with Crippen molar-refractivity contribution >= 4 is 12.0 Å². The van der Waals surface area contributed by atoms with E-state index in [1.165, 1.54) is 14.2 Å². The first-order valence-corrected chi connectivity index (χ1v) is 6.95. The standard InChI is InChI=1S/C15H20N2O5/c1-20-11-4-5-12(13(10-11)21-2)14(18)16-6-8-17(9-7-16)15(19)22-3/h4-5,10H,6-9H2,1-3H3. The lowest BCUT2D eigenvalue weighted by atomic mass is 10.1. The van der Waals surface area contributed by atoms with Crippen LogP contribution in [0.2, 0.25) is 0 Å². The van der Waals surface area contributed by atoms with Gasteiger partial charge in [-0.3, -0.25) is 4.79 Å². The van der Waals surface area contributed by atoms with Gasteiger partial charge < -0.3 is 24.0 Å². The molecule has 2 rings (SSSR count). The summed E-state index contributed by atoms with van der Waals surface area (Å²) in [5, 5.41) is 0. The van der Waals surface area contributed by atoms with Crippen molar-refractivity contribution in [1.82, 2.24) is 9.80 Å². The molecule has 1 aromatic rings. The summed E-state index contributed by atoms with van der Waals surface area (Å²) in [6.07, 6.45) is -0.367. The van der Waals surface area contributed by atoms with Gasteiger partial charge in [0.1, 0.15) is 11.5 Å². The first-order valence-electron chi connectivity index (χ1n) is 6.95. The average molecular weight is 308 g/mol. The number of benzene rings is 1. The van der Waals surface area contributed by atoms with Gasteiger partial charge in [0, 0.05) is 32.2 Å². The number of hydrogen-bond donors (Lipinski definition) is 0. The minimum atomic E-state index is -0.367. The monoisotopic (exact) mass is 308 g/mol. The quantitative estimate of drug-likeness (QED) is 0.840. The predicted octanol–water partition coefficient (Wildman–Crippen LogP) is 1.23. The Hall–Kier alpha value is -2.44. The molecule has 7 nitrogen and oxygen atoms in total. The molecule has 120 valence electrons. The summed E-state index contributed by atoms with van der Waals surface area (Å²) < 4.78 is 15.1. The van der Waals surface area contributed by atoms with Crippen LogP contribution in [0.25, 0.3) is 0 Å². The van der Waals surface area contributed by atoms with Crippen LogP contribution >= 0.6 is 0 Å². The summed E-state index contributed by atoms with van der Waals surface area (Å²) in [4.78, 5) is 27.3. The van der Waals surface area contributed by atoms with Gasteiger partial charge in [0.2, 0.25) is 0 Å². The van der Waals surface area contributed by atoms with Crippen LogP contribution in [-0.2, 0) is 4.74 Å². The molecular weight excluding hydrogens is 288 g/mol. The Morgan fingerprint density at radius 2 is 1.59 bits per heavy atom. The molecule has 1 heterocycles. The Labute approximate surface area is 129 Å². The van der Waals surface area contributed by atoms with Gasteiger partial charge in [-0.25, -0.2) is 4.79 Å². The fraction of sp³-hybridized carbons (Fsp3) is 0.467. The molecule has 22 heavy (non-hydrogen) atoms. The predicted molar refractivity (Wildman–Crippen MR) is 79.4 cm³/mol. The van der Waals surface area contributed by atoms with Crippen LogP contribution in [0.15, 0.2) is 18.2 Å². The van der Waals surface area contributed by atoms with E-state index >= 15 is 0 Å². The Balaban J connectivity index is 2.08. The third-order valence-corrected chi connectivity index (χ3v) is 3.64. The lowest BCUT2D eigenvalue weighted by molar-refractivity contribution is 0.0597. The highest BCUT2D eigenvalue weighted by Gasteiger charge is 2.26. The van der Waals surface area contributed by atoms with Gasteiger partial charge in [-0.1, -0.05) is 0 Å². The summed E-state index contributed by atoms with van der Waals surface area (Å²) in [6, 6.07) is 5.09. The van der Waals surface area contributed by atoms with Crippen molar-refractivity contribution in [2.45, 2.75) is 0 Å². The van der Waals surface area contributed by atoms with Crippen LogP contribution in [0.1, 0.15) is 10.4 Å². The van der Waals surface area contributed by atoms with E-state index in [0.29, 0.717) is 43.2 Å². The van der Waals surface area contributed by atoms with Crippen LogP contribution in [0, 0.1) is 0 Å². The van der Waals surface area contributed by atoms with Crippen LogP contribution in [-0.4, -0.2) is 69.3 Å². The summed E-state index contributed by atoms with van der Waals surface area (Å²) in [5.74, 6) is 0.979. The van der Waals surface area contributed by atoms with Gasteiger partial charge >= 0.3 is 6.09 Å². The Kier molecular flexibility index (Phi) is 5.08. The van der Waals surface area contributed by atoms with Crippen molar-refractivity contribution < 1.29 is 23.8 Å². The molecule has 0 saturated carbocycles. The zero-order chi connectivity index (χ0) is 16.1. The molecule has 1 saturated heterocycles. The fourth-order valence-electron chi connectivity index (χ4n) is 2.37. The minimum absolute atomic E-state index is 0.121. The van der Waals surface area contributed by atoms with Gasteiger partial charge in [0.15, 0.2) is 0 Å². The van der Waals surface area contributed by atoms with Crippen LogP contribution in [0.5, 0.6) is 11.5 Å². The van der Waals surface area contributed by atoms with Crippen LogP contribution in [0.3, 0.4) is 0 Å². The topological polar surface area (TPSA) is 68.3 Å². The second kappa shape index (κ2) is 7.02. The smallest absolute Gasteiger partial charge is 0.409 e. The minimum Gasteiger partial charge on any atom is -0.497 e. The molecule has 0 bridgehead atoms. The van der Waals surface area contributed by atoms with Crippen molar-refractivity contribution in [3.63, 3.8) is 0 Å². The van der Waals surface area contributed by atoms with E-state index in [9.17, 15) is 9.59 Å². The zero-order valence-electron chi connectivity index (χ0n) is 13.0. The molecule has 2 amide bonds. The van der Waals surface area contributed by atoms with Crippen molar-refractivity contribution in [3.8, 4) is 11.5 Å². The largest absolute Gasteiger partial charge is 0.497 e. The number of rotatable bonds is 3. The van der Waals surface area contributed by atoms with E-state index < -0.39 is 0 Å². The van der Waals surface area contributed by atoms with Gasteiger partial charge in [0.05, 0.1) is 26.9 Å². The molecule has 0 N–H and O–H groups in total. The molecule has 1 aromatic carbocycles. The summed E-state index contributed by atoms with van der Waals surface area (Å²) >= 11 is 0. The highest BCUT2D eigenvalue weighted by molar-refractivity contribution is 5.97. The summed E-state index contributed by atoms with van der Waals surface area (Å²) in [6.45, 7) is 1.83. The Morgan fingerprint density at radius 1 is 0.955 bits per heavy atom. The molecule has 7 heteroatoms. The number of hydrogen-bond acceptors (Lipinski definition) is 5. The molecule has 0 radical (unpaired) electrons. The van der Waals surface area contributed by atoms with E-state index in [0.717, 1.165) is 0 Å². The third-order valence-electron chi connectivity index (χ3n) is 3.64. The van der Waals surface area contributed by atoms with Gasteiger partial charge in [-0.15, -0.1) is 0 Å². The highest BCUT2D eigenvalue weighted by Crippen LogP contribution is 2.26. The molecule has 0 aromatic heterocycles. The fourth-order valence-corrected chi connectivity index (χ4v) is 2.37. The van der Waals surface area contributed by atoms with E-state index in [2.05, 4.69) is 4.74 Å². The third kappa shape index (κ3) is 3.24. The molecule has 1 aliphatic rings. The number of carbonyl (C=O) groups is 2. The van der Waals surface area contributed by atoms with Crippen molar-refractivity contribution in [2.75, 3.05) is 47.5 Å². The van der Waals surface area contributed by atoms with E-state index in [4.69, 9.17) is 9.47 Å². The number of methoxy groups -OCH3 is 3. The summed E-state index contributed by atoms with van der Waals surface area (Å²) in [7, 11) is 4.42. The number of piperazine rings is 1. The van der Waals surface area contributed by atoms with Crippen molar-refractivity contribution in [2.24, 2.45) is 0 Å². The number of ether oxygens (including phenoxy) is 3. The Morgan fingerprint density at radius 3 is 2.14 bits per heavy atom. The van der Waals surface area contributed by atoms with Gasteiger partial charge in [-0.05, 0) is 12.1 Å². The van der Waals surface area contributed by atoms with E-state index in [-0.39, 0.29) is 12.0 Å². The van der Waals surface area contributed by atoms with Gasteiger partial charge in [0.25, 0.3) is 5.91 Å². The van der Waals surface area contributed by atoms with Crippen LogP contribution < -0.4 is 9.47 Å².